The molecule has 0 aliphatic heterocycles. The molecule has 3 rings (SSSR count). The van der Waals surface area contributed by atoms with Crippen LogP contribution in [0.25, 0.3) is 11.3 Å². The zero-order valence-corrected chi connectivity index (χ0v) is 17.3. The monoisotopic (exact) mass is 392 g/mol. The van der Waals surface area contributed by atoms with Gasteiger partial charge in [0.15, 0.2) is 0 Å². The Morgan fingerprint density at radius 2 is 1.59 bits per heavy atom. The zero-order chi connectivity index (χ0) is 20.5. The van der Waals surface area contributed by atoms with Crippen molar-refractivity contribution in [3.05, 3.63) is 60.7 Å². The predicted molar refractivity (Wildman–Crippen MR) is 118 cm³/mol. The van der Waals surface area contributed by atoms with Crippen LogP contribution in [0.5, 0.6) is 11.5 Å². The van der Waals surface area contributed by atoms with Crippen molar-refractivity contribution in [2.24, 2.45) is 0 Å². The SMILES string of the molecule is CCN(CC)c1cc(-c2ccccc2)nc(NCCOc2ccc(OC)cc2)n1. The van der Waals surface area contributed by atoms with Gasteiger partial charge in [-0.15, -0.1) is 0 Å². The molecule has 29 heavy (non-hydrogen) atoms. The lowest BCUT2D eigenvalue weighted by Crippen LogP contribution is -2.24. The summed E-state index contributed by atoms with van der Waals surface area (Å²) in [5, 5.41) is 3.29. The van der Waals surface area contributed by atoms with Gasteiger partial charge in [0.1, 0.15) is 23.9 Å². The minimum atomic E-state index is 0.506. The Morgan fingerprint density at radius 3 is 2.24 bits per heavy atom. The van der Waals surface area contributed by atoms with Crippen molar-refractivity contribution in [1.82, 2.24) is 9.97 Å². The van der Waals surface area contributed by atoms with E-state index < -0.39 is 0 Å². The molecule has 0 spiro atoms. The third-order valence-corrected chi connectivity index (χ3v) is 4.58. The Kier molecular flexibility index (Phi) is 7.28. The van der Waals surface area contributed by atoms with Gasteiger partial charge in [0.05, 0.1) is 19.3 Å². The van der Waals surface area contributed by atoms with E-state index in [1.165, 1.54) is 0 Å². The Balaban J connectivity index is 1.69. The van der Waals surface area contributed by atoms with Crippen molar-refractivity contribution in [3.63, 3.8) is 0 Å². The Hall–Kier alpha value is -3.28. The smallest absolute Gasteiger partial charge is 0.225 e. The average molecular weight is 393 g/mol. The molecule has 2 aromatic carbocycles. The number of hydrogen-bond donors (Lipinski definition) is 1. The second-order valence-electron chi connectivity index (χ2n) is 6.42. The zero-order valence-electron chi connectivity index (χ0n) is 17.3. The molecule has 1 N–H and O–H groups in total. The molecule has 1 aromatic heterocycles. The maximum atomic E-state index is 5.78. The lowest BCUT2D eigenvalue weighted by atomic mass is 10.1. The van der Waals surface area contributed by atoms with Crippen molar-refractivity contribution in [2.75, 3.05) is 43.6 Å². The number of nitrogens with zero attached hydrogens (tertiary/aromatic N) is 3. The molecule has 3 aromatic rings. The highest BCUT2D eigenvalue weighted by Gasteiger charge is 2.10. The molecule has 6 nitrogen and oxygen atoms in total. The molecule has 1 heterocycles. The van der Waals surface area contributed by atoms with E-state index in [9.17, 15) is 0 Å². The van der Waals surface area contributed by atoms with E-state index in [-0.39, 0.29) is 0 Å². The Bertz CT molecular complexity index is 881. The average Bonchev–Trinajstić information content (AvgIpc) is 2.78. The van der Waals surface area contributed by atoms with Crippen molar-refractivity contribution in [1.29, 1.82) is 0 Å². The molecule has 0 fully saturated rings. The molecule has 0 atom stereocenters. The molecule has 0 aliphatic rings. The first-order valence-electron chi connectivity index (χ1n) is 9.93. The highest BCUT2D eigenvalue weighted by atomic mass is 16.5. The van der Waals surface area contributed by atoms with Crippen LogP contribution in [0.3, 0.4) is 0 Å². The molecule has 0 radical (unpaired) electrons. The standard InChI is InChI=1S/C23H28N4O2/c1-4-27(5-2)22-17-21(18-9-7-6-8-10-18)25-23(26-22)24-15-16-29-20-13-11-19(28-3)12-14-20/h6-14,17H,4-5,15-16H2,1-3H3,(H,24,25,26). The van der Waals surface area contributed by atoms with E-state index >= 15 is 0 Å². The fraction of sp³-hybridized carbons (Fsp3) is 0.304. The minimum absolute atomic E-state index is 0.506. The maximum Gasteiger partial charge on any atom is 0.225 e. The first kappa shape index (κ1) is 20.5. The minimum Gasteiger partial charge on any atom is -0.497 e. The summed E-state index contributed by atoms with van der Waals surface area (Å²) in [7, 11) is 1.65. The van der Waals surface area contributed by atoms with Crippen LogP contribution in [0.4, 0.5) is 11.8 Å². The highest BCUT2D eigenvalue weighted by molar-refractivity contribution is 5.64. The number of aromatic nitrogens is 2. The van der Waals surface area contributed by atoms with Gasteiger partial charge in [-0.25, -0.2) is 4.98 Å². The predicted octanol–water partition coefficient (Wildman–Crippen LogP) is 4.49. The quantitative estimate of drug-likeness (QED) is 0.513. The maximum absolute atomic E-state index is 5.78. The van der Waals surface area contributed by atoms with E-state index in [0.717, 1.165) is 41.7 Å². The number of benzene rings is 2. The van der Waals surface area contributed by atoms with Crippen LogP contribution < -0.4 is 19.7 Å². The fourth-order valence-electron chi connectivity index (χ4n) is 2.98. The van der Waals surface area contributed by atoms with Crippen LogP contribution in [-0.4, -0.2) is 43.3 Å². The highest BCUT2D eigenvalue weighted by Crippen LogP contribution is 2.23. The van der Waals surface area contributed by atoms with E-state index in [1.807, 2.05) is 48.5 Å². The van der Waals surface area contributed by atoms with Crippen LogP contribution in [0, 0.1) is 0 Å². The largest absolute Gasteiger partial charge is 0.497 e. The molecule has 0 unspecified atom stereocenters. The molecular weight excluding hydrogens is 364 g/mol. The van der Waals surface area contributed by atoms with Crippen LogP contribution in [0.1, 0.15) is 13.8 Å². The molecule has 6 heteroatoms. The summed E-state index contributed by atoms with van der Waals surface area (Å²) in [5.74, 6) is 3.13. The van der Waals surface area contributed by atoms with Gasteiger partial charge in [0.25, 0.3) is 0 Å². The lowest BCUT2D eigenvalue weighted by Gasteiger charge is -2.21. The number of nitrogens with one attached hydrogen (secondary N) is 1. The van der Waals surface area contributed by atoms with Gasteiger partial charge in [-0.1, -0.05) is 30.3 Å². The summed E-state index contributed by atoms with van der Waals surface area (Å²) in [5.41, 5.74) is 1.97. The third kappa shape index (κ3) is 5.60. The van der Waals surface area contributed by atoms with E-state index in [1.54, 1.807) is 7.11 Å². The normalized spacial score (nSPS) is 10.4. The molecular formula is C23H28N4O2. The van der Waals surface area contributed by atoms with E-state index in [0.29, 0.717) is 19.1 Å². The number of methoxy groups -OCH3 is 1. The second-order valence-corrected chi connectivity index (χ2v) is 6.42. The van der Waals surface area contributed by atoms with Gasteiger partial charge >= 0.3 is 0 Å². The Morgan fingerprint density at radius 1 is 0.897 bits per heavy atom. The molecule has 0 bridgehead atoms. The summed E-state index contributed by atoms with van der Waals surface area (Å²) in [6, 6.07) is 19.8. The number of hydrogen-bond acceptors (Lipinski definition) is 6. The number of rotatable bonds is 10. The molecule has 0 saturated heterocycles. The van der Waals surface area contributed by atoms with Crippen LogP contribution in [0.2, 0.25) is 0 Å². The number of anilines is 2. The molecule has 152 valence electrons. The van der Waals surface area contributed by atoms with Gasteiger partial charge in [0, 0.05) is 24.7 Å². The molecule has 0 saturated carbocycles. The third-order valence-electron chi connectivity index (χ3n) is 4.58. The van der Waals surface area contributed by atoms with Gasteiger partial charge in [-0.2, -0.15) is 4.98 Å². The summed E-state index contributed by atoms with van der Waals surface area (Å²) in [6.45, 7) is 7.14. The van der Waals surface area contributed by atoms with Crippen molar-refractivity contribution in [3.8, 4) is 22.8 Å². The number of ether oxygens (including phenoxy) is 2. The van der Waals surface area contributed by atoms with Crippen molar-refractivity contribution >= 4 is 11.8 Å². The lowest BCUT2D eigenvalue weighted by molar-refractivity contribution is 0.331. The van der Waals surface area contributed by atoms with Crippen LogP contribution >= 0.6 is 0 Å². The molecule has 0 amide bonds. The van der Waals surface area contributed by atoms with Gasteiger partial charge in [0.2, 0.25) is 5.95 Å². The first-order chi connectivity index (χ1) is 14.2. The Labute approximate surface area is 172 Å². The van der Waals surface area contributed by atoms with E-state index in [4.69, 9.17) is 19.4 Å². The topological polar surface area (TPSA) is 59.5 Å². The summed E-state index contributed by atoms with van der Waals surface area (Å²) >= 11 is 0. The summed E-state index contributed by atoms with van der Waals surface area (Å²) in [4.78, 5) is 11.6. The summed E-state index contributed by atoms with van der Waals surface area (Å²) in [6.07, 6.45) is 0. The molecule has 0 aliphatic carbocycles. The van der Waals surface area contributed by atoms with Crippen LogP contribution in [-0.2, 0) is 0 Å². The first-order valence-corrected chi connectivity index (χ1v) is 9.93. The van der Waals surface area contributed by atoms with E-state index in [2.05, 4.69) is 36.2 Å². The summed E-state index contributed by atoms with van der Waals surface area (Å²) < 4.78 is 10.9. The second kappa shape index (κ2) is 10.3. The van der Waals surface area contributed by atoms with Crippen molar-refractivity contribution < 1.29 is 9.47 Å². The van der Waals surface area contributed by atoms with Gasteiger partial charge < -0.3 is 19.7 Å². The van der Waals surface area contributed by atoms with Gasteiger partial charge in [-0.3, -0.25) is 0 Å². The van der Waals surface area contributed by atoms with Crippen LogP contribution in [0.15, 0.2) is 60.7 Å². The fourth-order valence-corrected chi connectivity index (χ4v) is 2.98. The van der Waals surface area contributed by atoms with Crippen molar-refractivity contribution in [2.45, 2.75) is 13.8 Å². The van der Waals surface area contributed by atoms with Gasteiger partial charge in [-0.05, 0) is 38.1 Å².